The van der Waals surface area contributed by atoms with Crippen LogP contribution in [-0.2, 0) is 11.8 Å². The molecule has 1 aromatic heterocycles. The number of methoxy groups -OCH3 is 2. The summed E-state index contributed by atoms with van der Waals surface area (Å²) >= 11 is 0. The van der Waals surface area contributed by atoms with Gasteiger partial charge in [-0.2, -0.15) is 0 Å². The summed E-state index contributed by atoms with van der Waals surface area (Å²) in [7, 11) is 5.14. The molecule has 25 heavy (non-hydrogen) atoms. The first-order valence-corrected chi connectivity index (χ1v) is 8.63. The predicted octanol–water partition coefficient (Wildman–Crippen LogP) is 2.83. The fourth-order valence-corrected chi connectivity index (χ4v) is 3.43. The molecule has 6 heteroatoms. The summed E-state index contributed by atoms with van der Waals surface area (Å²) in [6.45, 7) is 0. The summed E-state index contributed by atoms with van der Waals surface area (Å²) in [5, 5.41) is 3.19. The van der Waals surface area contributed by atoms with Crippen molar-refractivity contribution in [1.29, 1.82) is 0 Å². The molecule has 0 unspecified atom stereocenters. The van der Waals surface area contributed by atoms with Crippen molar-refractivity contribution >= 4 is 5.91 Å². The van der Waals surface area contributed by atoms with Gasteiger partial charge in [-0.25, -0.2) is 4.98 Å². The molecule has 134 valence electrons. The van der Waals surface area contributed by atoms with Crippen LogP contribution in [-0.4, -0.2) is 29.7 Å². The van der Waals surface area contributed by atoms with Crippen molar-refractivity contribution in [3.05, 3.63) is 42.0 Å². The molecular formula is C19H25N3O3. The number of hydrogen-bond acceptors (Lipinski definition) is 4. The number of carbonyl (C=O) groups is 1. The molecule has 1 aliphatic carbocycles. The summed E-state index contributed by atoms with van der Waals surface area (Å²) < 4.78 is 12.7. The van der Waals surface area contributed by atoms with Crippen LogP contribution in [0.3, 0.4) is 0 Å². The van der Waals surface area contributed by atoms with Crippen LogP contribution < -0.4 is 14.8 Å². The maximum Gasteiger partial charge on any atom is 0.223 e. The first-order valence-electron chi connectivity index (χ1n) is 8.63. The van der Waals surface area contributed by atoms with E-state index in [0.29, 0.717) is 11.5 Å². The molecule has 2 aromatic rings. The van der Waals surface area contributed by atoms with E-state index >= 15 is 0 Å². The van der Waals surface area contributed by atoms with Crippen molar-refractivity contribution in [1.82, 2.24) is 14.9 Å². The van der Waals surface area contributed by atoms with Gasteiger partial charge in [0.05, 0.1) is 14.2 Å². The Morgan fingerprint density at radius 2 is 1.96 bits per heavy atom. The molecule has 1 heterocycles. The molecule has 1 aromatic carbocycles. The van der Waals surface area contributed by atoms with Crippen molar-refractivity contribution in [2.75, 3.05) is 14.2 Å². The molecule has 1 fully saturated rings. The molecule has 1 N–H and O–H groups in total. The Morgan fingerprint density at radius 3 is 2.56 bits per heavy atom. The minimum Gasteiger partial charge on any atom is -0.493 e. The lowest BCUT2D eigenvalue weighted by Crippen LogP contribution is -2.34. The highest BCUT2D eigenvalue weighted by molar-refractivity contribution is 5.79. The molecule has 1 saturated carbocycles. The third kappa shape index (κ3) is 3.62. The first kappa shape index (κ1) is 17.3. The van der Waals surface area contributed by atoms with Crippen molar-refractivity contribution in [2.45, 2.75) is 31.7 Å². The summed E-state index contributed by atoms with van der Waals surface area (Å²) in [5.74, 6) is 2.28. The van der Waals surface area contributed by atoms with Gasteiger partial charge in [0.25, 0.3) is 0 Å². The highest BCUT2D eigenvalue weighted by atomic mass is 16.5. The van der Waals surface area contributed by atoms with Crippen LogP contribution in [0.15, 0.2) is 30.6 Å². The van der Waals surface area contributed by atoms with Crippen LogP contribution in [0.2, 0.25) is 0 Å². The van der Waals surface area contributed by atoms with E-state index in [9.17, 15) is 4.79 Å². The zero-order valence-corrected chi connectivity index (χ0v) is 15.0. The molecule has 0 aliphatic heterocycles. The molecule has 0 radical (unpaired) electrons. The Morgan fingerprint density at radius 1 is 1.24 bits per heavy atom. The Balaban J connectivity index is 1.94. The molecule has 1 aliphatic rings. The van der Waals surface area contributed by atoms with Crippen LogP contribution in [0.4, 0.5) is 0 Å². The highest BCUT2D eigenvalue weighted by Crippen LogP contribution is 2.33. The van der Waals surface area contributed by atoms with Crippen molar-refractivity contribution in [2.24, 2.45) is 13.0 Å². The first-order chi connectivity index (χ1) is 12.1. The lowest BCUT2D eigenvalue weighted by atomic mass is 10.0. The number of aromatic nitrogens is 2. The Hall–Kier alpha value is -2.50. The molecular weight excluding hydrogens is 318 g/mol. The van der Waals surface area contributed by atoms with E-state index in [2.05, 4.69) is 10.3 Å². The van der Waals surface area contributed by atoms with Gasteiger partial charge in [-0.15, -0.1) is 0 Å². The molecule has 6 nitrogen and oxygen atoms in total. The number of hydrogen-bond donors (Lipinski definition) is 1. The molecule has 3 rings (SSSR count). The maximum atomic E-state index is 12.7. The van der Waals surface area contributed by atoms with E-state index in [-0.39, 0.29) is 17.9 Å². The van der Waals surface area contributed by atoms with Crippen molar-refractivity contribution in [3.8, 4) is 11.5 Å². The van der Waals surface area contributed by atoms with E-state index in [1.54, 1.807) is 20.4 Å². The Kier molecular flexibility index (Phi) is 5.26. The monoisotopic (exact) mass is 343 g/mol. The third-order valence-corrected chi connectivity index (χ3v) is 4.87. The maximum absolute atomic E-state index is 12.7. The number of nitrogens with one attached hydrogen (secondary N) is 1. The van der Waals surface area contributed by atoms with E-state index in [1.807, 2.05) is 36.0 Å². The van der Waals surface area contributed by atoms with Gasteiger partial charge in [-0.05, 0) is 30.5 Å². The van der Waals surface area contributed by atoms with Crippen LogP contribution in [0.5, 0.6) is 11.5 Å². The van der Waals surface area contributed by atoms with Crippen molar-refractivity contribution < 1.29 is 14.3 Å². The number of rotatable bonds is 6. The average Bonchev–Trinajstić information content (AvgIpc) is 3.30. The Labute approximate surface area is 148 Å². The molecule has 1 atom stereocenters. The molecule has 0 saturated heterocycles. The second kappa shape index (κ2) is 7.59. The van der Waals surface area contributed by atoms with Crippen LogP contribution in [0, 0.1) is 5.92 Å². The molecule has 1 amide bonds. The summed E-state index contributed by atoms with van der Waals surface area (Å²) in [6.07, 6.45) is 7.80. The van der Waals surface area contributed by atoms with E-state index < -0.39 is 0 Å². The highest BCUT2D eigenvalue weighted by Gasteiger charge is 2.28. The number of nitrogens with zero attached hydrogens (tertiary/aromatic N) is 2. The number of benzene rings is 1. The number of carbonyl (C=O) groups excluding carboxylic acids is 1. The topological polar surface area (TPSA) is 65.4 Å². The van der Waals surface area contributed by atoms with Gasteiger partial charge in [0.2, 0.25) is 5.91 Å². The van der Waals surface area contributed by atoms with Crippen LogP contribution >= 0.6 is 0 Å². The lowest BCUT2D eigenvalue weighted by Gasteiger charge is -2.22. The normalized spacial score (nSPS) is 15.8. The number of aryl methyl sites for hydroxylation is 1. The second-order valence-corrected chi connectivity index (χ2v) is 6.43. The third-order valence-electron chi connectivity index (χ3n) is 4.87. The van der Waals surface area contributed by atoms with Gasteiger partial charge in [-0.3, -0.25) is 4.79 Å². The van der Waals surface area contributed by atoms with Gasteiger partial charge >= 0.3 is 0 Å². The van der Waals surface area contributed by atoms with Gasteiger partial charge in [0.15, 0.2) is 11.5 Å². The number of amides is 1. The quantitative estimate of drug-likeness (QED) is 0.876. The smallest absolute Gasteiger partial charge is 0.223 e. The standard InChI is InChI=1S/C19H25N3O3/c1-22-11-10-20-18(22)17(21-19(23)13-6-4-5-7-13)14-8-9-15(24-2)16(12-14)25-3/h8-13,17H,4-7H2,1-3H3,(H,21,23)/t17-/m0/s1. The molecule has 0 bridgehead atoms. The van der Waals surface area contributed by atoms with Gasteiger partial charge in [-0.1, -0.05) is 18.9 Å². The van der Waals surface area contributed by atoms with Crippen LogP contribution in [0.1, 0.15) is 43.1 Å². The summed E-state index contributed by atoms with van der Waals surface area (Å²) in [4.78, 5) is 17.2. The SMILES string of the molecule is COc1ccc([C@H](NC(=O)C2CCCC2)c2nccn2C)cc1OC. The van der Waals surface area contributed by atoms with Crippen molar-refractivity contribution in [3.63, 3.8) is 0 Å². The minimum atomic E-state index is -0.326. The van der Waals surface area contributed by atoms with Gasteiger partial charge < -0.3 is 19.4 Å². The van der Waals surface area contributed by atoms with Gasteiger partial charge in [0.1, 0.15) is 11.9 Å². The summed E-state index contributed by atoms with van der Waals surface area (Å²) in [6, 6.07) is 5.36. The summed E-state index contributed by atoms with van der Waals surface area (Å²) in [5.41, 5.74) is 0.915. The number of ether oxygens (including phenoxy) is 2. The van der Waals surface area contributed by atoms with Gasteiger partial charge in [0, 0.05) is 25.4 Å². The lowest BCUT2D eigenvalue weighted by molar-refractivity contribution is -0.125. The fraction of sp³-hybridized carbons (Fsp3) is 0.474. The average molecular weight is 343 g/mol. The number of imidazole rings is 1. The largest absolute Gasteiger partial charge is 0.493 e. The zero-order chi connectivity index (χ0) is 17.8. The van der Waals surface area contributed by atoms with E-state index in [4.69, 9.17) is 9.47 Å². The van der Waals surface area contributed by atoms with E-state index in [1.165, 1.54) is 0 Å². The predicted molar refractivity (Wildman–Crippen MR) is 94.7 cm³/mol. The fourth-order valence-electron chi connectivity index (χ4n) is 3.43. The zero-order valence-electron chi connectivity index (χ0n) is 15.0. The molecule has 0 spiro atoms. The van der Waals surface area contributed by atoms with E-state index in [0.717, 1.165) is 37.1 Å². The minimum absolute atomic E-state index is 0.0975. The Bertz CT molecular complexity index is 735. The second-order valence-electron chi connectivity index (χ2n) is 6.43. The van der Waals surface area contributed by atoms with Crippen LogP contribution in [0.25, 0.3) is 0 Å².